The van der Waals surface area contributed by atoms with Gasteiger partial charge in [-0.25, -0.2) is 4.39 Å². The fourth-order valence-electron chi connectivity index (χ4n) is 3.64. The molecule has 1 unspecified atom stereocenters. The van der Waals surface area contributed by atoms with Crippen molar-refractivity contribution in [2.75, 3.05) is 18.4 Å². The third-order valence-corrected chi connectivity index (χ3v) is 6.07. The lowest BCUT2D eigenvalue weighted by Crippen LogP contribution is -2.43. The van der Waals surface area contributed by atoms with Crippen LogP contribution in [-0.2, 0) is 11.4 Å². The summed E-state index contributed by atoms with van der Waals surface area (Å²) in [7, 11) is 0. The van der Waals surface area contributed by atoms with E-state index in [1.165, 1.54) is 23.5 Å². The molecule has 1 saturated heterocycles. The Labute approximate surface area is 184 Å². The average Bonchev–Trinajstić information content (AvgIpc) is 3.33. The number of ether oxygens (including phenoxy) is 1. The Morgan fingerprint density at radius 3 is 2.81 bits per heavy atom. The first-order valence-electron chi connectivity index (χ1n) is 10.2. The third-order valence-electron chi connectivity index (χ3n) is 5.21. The molecule has 0 bridgehead atoms. The molecule has 2 heterocycles. The topological polar surface area (TPSA) is 58.6 Å². The van der Waals surface area contributed by atoms with Crippen molar-refractivity contribution in [1.29, 1.82) is 0 Å². The van der Waals surface area contributed by atoms with E-state index in [2.05, 4.69) is 5.32 Å². The summed E-state index contributed by atoms with van der Waals surface area (Å²) in [6, 6.07) is 17.0. The van der Waals surface area contributed by atoms with Crippen LogP contribution < -0.4 is 10.1 Å². The fourth-order valence-corrected chi connectivity index (χ4v) is 4.33. The molecule has 4 rings (SSSR count). The zero-order valence-electron chi connectivity index (χ0n) is 16.9. The molecule has 1 fully saturated rings. The highest BCUT2D eigenvalue weighted by atomic mass is 32.1. The second kappa shape index (κ2) is 9.75. The van der Waals surface area contributed by atoms with Gasteiger partial charge >= 0.3 is 0 Å². The van der Waals surface area contributed by atoms with Gasteiger partial charge in [-0.3, -0.25) is 9.59 Å². The number of piperidine rings is 1. The van der Waals surface area contributed by atoms with Crippen molar-refractivity contribution in [3.8, 4) is 5.75 Å². The van der Waals surface area contributed by atoms with Gasteiger partial charge in [0.15, 0.2) is 0 Å². The van der Waals surface area contributed by atoms with Gasteiger partial charge in [0.05, 0.1) is 10.8 Å². The molecule has 31 heavy (non-hydrogen) atoms. The maximum atomic E-state index is 13.3. The minimum absolute atomic E-state index is 0.0102. The number of carbonyl (C=O) groups is 2. The molecular formula is C24H23FN2O3S. The van der Waals surface area contributed by atoms with Crippen molar-refractivity contribution in [1.82, 2.24) is 4.90 Å². The van der Waals surface area contributed by atoms with Gasteiger partial charge in [-0.2, -0.15) is 0 Å². The van der Waals surface area contributed by atoms with E-state index in [9.17, 15) is 14.0 Å². The van der Waals surface area contributed by atoms with Crippen molar-refractivity contribution in [2.45, 2.75) is 19.4 Å². The first kappa shape index (κ1) is 21.1. The second-order valence-electron chi connectivity index (χ2n) is 7.50. The number of hydrogen-bond donors (Lipinski definition) is 1. The van der Waals surface area contributed by atoms with Gasteiger partial charge in [-0.05, 0) is 54.1 Å². The summed E-state index contributed by atoms with van der Waals surface area (Å²) in [5.74, 6) is -0.245. The smallest absolute Gasteiger partial charge is 0.263 e. The van der Waals surface area contributed by atoms with Gasteiger partial charge in [0.1, 0.15) is 18.2 Å². The summed E-state index contributed by atoms with van der Waals surface area (Å²) in [4.78, 5) is 27.9. The van der Waals surface area contributed by atoms with Crippen LogP contribution in [0.3, 0.4) is 0 Å². The fraction of sp³-hybridized carbons (Fsp3) is 0.250. The van der Waals surface area contributed by atoms with E-state index in [1.54, 1.807) is 17.0 Å². The lowest BCUT2D eigenvalue weighted by atomic mass is 9.96. The van der Waals surface area contributed by atoms with E-state index in [1.807, 2.05) is 41.8 Å². The first-order valence-corrected chi connectivity index (χ1v) is 11.1. The van der Waals surface area contributed by atoms with Crippen LogP contribution in [0.1, 0.15) is 28.1 Å². The van der Waals surface area contributed by atoms with E-state index in [0.717, 1.165) is 18.4 Å². The molecule has 2 amide bonds. The zero-order chi connectivity index (χ0) is 21.6. The number of anilines is 1. The van der Waals surface area contributed by atoms with Crippen LogP contribution in [0.25, 0.3) is 0 Å². The van der Waals surface area contributed by atoms with Crippen LogP contribution in [0.15, 0.2) is 66.0 Å². The van der Waals surface area contributed by atoms with E-state index in [0.29, 0.717) is 29.4 Å². The van der Waals surface area contributed by atoms with Crippen LogP contribution in [0.5, 0.6) is 5.75 Å². The summed E-state index contributed by atoms with van der Waals surface area (Å²) >= 11 is 1.42. The Hall–Kier alpha value is -3.19. The largest absolute Gasteiger partial charge is 0.489 e. The number of amides is 2. The maximum Gasteiger partial charge on any atom is 0.263 e. The van der Waals surface area contributed by atoms with Crippen LogP contribution in [-0.4, -0.2) is 29.8 Å². The maximum absolute atomic E-state index is 13.3. The van der Waals surface area contributed by atoms with Crippen LogP contribution in [0.2, 0.25) is 0 Å². The monoisotopic (exact) mass is 438 g/mol. The van der Waals surface area contributed by atoms with Crippen LogP contribution in [0, 0.1) is 11.7 Å². The van der Waals surface area contributed by atoms with E-state index < -0.39 is 0 Å². The lowest BCUT2D eigenvalue weighted by molar-refractivity contribution is -0.121. The molecular weight excluding hydrogens is 415 g/mol. The number of nitrogens with zero attached hydrogens (tertiary/aromatic N) is 1. The molecule has 0 radical (unpaired) electrons. The SMILES string of the molecule is O=C(Nc1cccc(COc2cccc(F)c2)c1)C1CCCN(C(=O)c2cccs2)C1. The third kappa shape index (κ3) is 5.49. The highest BCUT2D eigenvalue weighted by molar-refractivity contribution is 7.12. The molecule has 5 nitrogen and oxygen atoms in total. The molecule has 1 atom stereocenters. The number of benzene rings is 2. The molecule has 1 aliphatic heterocycles. The molecule has 2 aromatic carbocycles. The van der Waals surface area contributed by atoms with Crippen molar-refractivity contribution in [2.24, 2.45) is 5.92 Å². The molecule has 7 heteroatoms. The Balaban J connectivity index is 1.34. The minimum Gasteiger partial charge on any atom is -0.489 e. The van der Waals surface area contributed by atoms with Crippen LogP contribution >= 0.6 is 11.3 Å². The lowest BCUT2D eigenvalue weighted by Gasteiger charge is -2.31. The van der Waals surface area contributed by atoms with Gasteiger partial charge < -0.3 is 15.0 Å². The summed E-state index contributed by atoms with van der Waals surface area (Å²) in [6.07, 6.45) is 1.55. The van der Waals surface area contributed by atoms with Gasteiger partial charge in [0.25, 0.3) is 5.91 Å². The van der Waals surface area contributed by atoms with Gasteiger partial charge in [-0.1, -0.05) is 24.3 Å². The Kier molecular flexibility index (Phi) is 6.62. The normalized spacial score (nSPS) is 16.0. The summed E-state index contributed by atoms with van der Waals surface area (Å²) in [5.41, 5.74) is 1.53. The van der Waals surface area contributed by atoms with Gasteiger partial charge in [0, 0.05) is 24.8 Å². The molecule has 1 aromatic heterocycles. The minimum atomic E-state index is -0.349. The molecule has 0 saturated carbocycles. The number of halogens is 1. The van der Waals surface area contributed by atoms with Crippen molar-refractivity contribution < 1.29 is 18.7 Å². The highest BCUT2D eigenvalue weighted by Gasteiger charge is 2.29. The Morgan fingerprint density at radius 2 is 2.00 bits per heavy atom. The second-order valence-corrected chi connectivity index (χ2v) is 8.45. The molecule has 160 valence electrons. The highest BCUT2D eigenvalue weighted by Crippen LogP contribution is 2.23. The number of thiophene rings is 1. The summed E-state index contributed by atoms with van der Waals surface area (Å²) in [6.45, 7) is 1.36. The predicted molar refractivity (Wildman–Crippen MR) is 119 cm³/mol. The molecule has 1 N–H and O–H groups in total. The zero-order valence-corrected chi connectivity index (χ0v) is 17.7. The Morgan fingerprint density at radius 1 is 1.13 bits per heavy atom. The van der Waals surface area contributed by atoms with E-state index >= 15 is 0 Å². The number of nitrogens with one attached hydrogen (secondary N) is 1. The standard InChI is InChI=1S/C24H23FN2O3S/c25-19-7-2-9-21(14-19)30-16-17-5-1-8-20(13-17)26-23(28)18-6-3-11-27(15-18)24(29)22-10-4-12-31-22/h1-2,4-5,7-10,12-14,18H,3,6,11,15-16H2,(H,26,28). The molecule has 3 aromatic rings. The van der Waals surface area contributed by atoms with Crippen LogP contribution in [0.4, 0.5) is 10.1 Å². The van der Waals surface area contributed by atoms with Crippen molar-refractivity contribution >= 4 is 28.8 Å². The van der Waals surface area contributed by atoms with E-state index in [4.69, 9.17) is 4.74 Å². The quantitative estimate of drug-likeness (QED) is 0.592. The number of carbonyl (C=O) groups excluding carboxylic acids is 2. The average molecular weight is 439 g/mol. The van der Waals surface area contributed by atoms with Crippen molar-refractivity contribution in [3.05, 3.63) is 82.3 Å². The first-order chi connectivity index (χ1) is 15.1. The number of likely N-dealkylation sites (tertiary alicyclic amines) is 1. The van der Waals surface area contributed by atoms with Gasteiger partial charge in [0.2, 0.25) is 5.91 Å². The predicted octanol–water partition coefficient (Wildman–Crippen LogP) is 4.96. The summed E-state index contributed by atoms with van der Waals surface area (Å²) < 4.78 is 18.9. The molecule has 1 aliphatic rings. The molecule has 0 spiro atoms. The number of rotatable bonds is 6. The van der Waals surface area contributed by atoms with E-state index in [-0.39, 0.29) is 30.2 Å². The summed E-state index contributed by atoms with van der Waals surface area (Å²) in [5, 5.41) is 4.85. The number of hydrogen-bond acceptors (Lipinski definition) is 4. The van der Waals surface area contributed by atoms with Gasteiger partial charge in [-0.15, -0.1) is 11.3 Å². The molecule has 0 aliphatic carbocycles. The van der Waals surface area contributed by atoms with Crippen molar-refractivity contribution in [3.63, 3.8) is 0 Å². The Bertz CT molecular complexity index is 1050.